The molecule has 1 rings (SSSR count). The number of para-hydroxylation sites is 1. The molecule has 0 saturated heterocycles. The maximum absolute atomic E-state index is 5.24. The van der Waals surface area contributed by atoms with Gasteiger partial charge in [-0.05, 0) is 31.3 Å². The van der Waals surface area contributed by atoms with Crippen LogP contribution in [0.25, 0.3) is 0 Å². The summed E-state index contributed by atoms with van der Waals surface area (Å²) in [5, 5.41) is 7.07. The molecule has 0 aromatic heterocycles. The predicted molar refractivity (Wildman–Crippen MR) is 75.7 cm³/mol. The molecular formula is C10H12N4S2. The monoisotopic (exact) mass is 252 g/mol. The van der Waals surface area contributed by atoms with Gasteiger partial charge >= 0.3 is 0 Å². The Morgan fingerprint density at radius 3 is 2.44 bits per heavy atom. The summed E-state index contributed by atoms with van der Waals surface area (Å²) < 4.78 is 0. The fourth-order valence-electron chi connectivity index (χ4n) is 0.933. The maximum atomic E-state index is 5.24. The van der Waals surface area contributed by atoms with Crippen LogP contribution in [0.15, 0.2) is 35.4 Å². The van der Waals surface area contributed by atoms with E-state index in [2.05, 4.69) is 28.1 Å². The molecule has 4 nitrogen and oxygen atoms in total. The first-order chi connectivity index (χ1) is 7.59. The second-order valence-electron chi connectivity index (χ2n) is 2.99. The van der Waals surface area contributed by atoms with Gasteiger partial charge in [-0.3, -0.25) is 5.43 Å². The Balaban J connectivity index is 2.59. The highest BCUT2D eigenvalue weighted by Crippen LogP contribution is 2.05. The highest BCUT2D eigenvalue weighted by molar-refractivity contribution is 7.82. The lowest BCUT2D eigenvalue weighted by atomic mass is 10.3. The molecule has 4 N–H and O–H groups in total. The molecule has 0 saturated carbocycles. The van der Waals surface area contributed by atoms with Crippen molar-refractivity contribution in [2.24, 2.45) is 10.8 Å². The number of nitrogens with one attached hydrogen (secondary N) is 2. The maximum Gasteiger partial charge on any atom is 0.184 e. The van der Waals surface area contributed by atoms with Crippen LogP contribution in [0.1, 0.15) is 6.92 Å². The summed E-state index contributed by atoms with van der Waals surface area (Å²) >= 11 is 9.77. The molecule has 0 aliphatic rings. The molecule has 1 aromatic carbocycles. The van der Waals surface area contributed by atoms with Gasteiger partial charge < -0.3 is 11.1 Å². The Morgan fingerprint density at radius 2 is 1.88 bits per heavy atom. The van der Waals surface area contributed by atoms with Gasteiger partial charge in [-0.25, -0.2) is 0 Å². The van der Waals surface area contributed by atoms with E-state index in [9.17, 15) is 0 Å². The van der Waals surface area contributed by atoms with E-state index in [1.165, 1.54) is 0 Å². The fraction of sp³-hybridized carbons (Fsp3) is 0.100. The Hall–Kier alpha value is -1.53. The zero-order valence-electron chi connectivity index (χ0n) is 8.73. The highest BCUT2D eigenvalue weighted by atomic mass is 32.1. The van der Waals surface area contributed by atoms with Crippen LogP contribution in [0, 0.1) is 0 Å². The molecule has 6 heteroatoms. The molecule has 1 aromatic rings. The van der Waals surface area contributed by atoms with Gasteiger partial charge in [0, 0.05) is 5.69 Å². The quantitative estimate of drug-likeness (QED) is 0.433. The summed E-state index contributed by atoms with van der Waals surface area (Å²) in [5.41, 5.74) is 9.26. The Kier molecular flexibility index (Phi) is 4.81. The Labute approximate surface area is 105 Å². The van der Waals surface area contributed by atoms with Crippen LogP contribution < -0.4 is 16.5 Å². The van der Waals surface area contributed by atoms with E-state index in [1.807, 2.05) is 30.3 Å². The van der Waals surface area contributed by atoms with Gasteiger partial charge in [0.2, 0.25) is 0 Å². The number of thiocarbonyl (C=S) groups is 2. The van der Waals surface area contributed by atoms with E-state index in [1.54, 1.807) is 6.92 Å². The molecule has 84 valence electrons. The summed E-state index contributed by atoms with van der Waals surface area (Å²) in [6, 6.07) is 9.61. The highest BCUT2D eigenvalue weighted by Gasteiger charge is 2.01. The molecule has 0 aliphatic heterocycles. The molecule has 0 bridgehead atoms. The largest absolute Gasteiger partial charge is 0.375 e. The second-order valence-corrected chi connectivity index (χ2v) is 3.84. The van der Waals surface area contributed by atoms with E-state index in [0.717, 1.165) is 5.69 Å². The van der Waals surface area contributed by atoms with Crippen molar-refractivity contribution in [1.29, 1.82) is 0 Å². The molecule has 0 atom stereocenters. The Bertz CT molecular complexity index is 414. The van der Waals surface area contributed by atoms with Gasteiger partial charge in [0.15, 0.2) is 5.11 Å². The summed E-state index contributed by atoms with van der Waals surface area (Å²) in [4.78, 5) is 0.523. The predicted octanol–water partition coefficient (Wildman–Crippen LogP) is 1.64. The molecule has 16 heavy (non-hydrogen) atoms. The van der Waals surface area contributed by atoms with E-state index < -0.39 is 0 Å². The van der Waals surface area contributed by atoms with Crippen LogP contribution in [0.5, 0.6) is 0 Å². The first-order valence-electron chi connectivity index (χ1n) is 4.55. The summed E-state index contributed by atoms with van der Waals surface area (Å²) in [6.07, 6.45) is 0. The van der Waals surface area contributed by atoms with Crippen LogP contribution >= 0.6 is 24.4 Å². The third-order valence-electron chi connectivity index (χ3n) is 1.69. The van der Waals surface area contributed by atoms with Gasteiger partial charge in [0.25, 0.3) is 0 Å². The van der Waals surface area contributed by atoms with Crippen molar-refractivity contribution >= 4 is 45.9 Å². The summed E-state index contributed by atoms with van der Waals surface area (Å²) in [7, 11) is 0. The van der Waals surface area contributed by atoms with Gasteiger partial charge in [-0.2, -0.15) is 5.10 Å². The molecule has 0 fully saturated rings. The number of hydrogen-bond donors (Lipinski definition) is 3. The van der Waals surface area contributed by atoms with Crippen LogP contribution in [0.2, 0.25) is 0 Å². The molecule has 0 aliphatic carbocycles. The Morgan fingerprint density at radius 1 is 1.25 bits per heavy atom. The lowest BCUT2D eigenvalue weighted by molar-refractivity contribution is 1.03. The van der Waals surface area contributed by atoms with Gasteiger partial charge in [-0.15, -0.1) is 0 Å². The topological polar surface area (TPSA) is 62.4 Å². The fourth-order valence-corrected chi connectivity index (χ4v) is 1.14. The lowest BCUT2D eigenvalue weighted by Gasteiger charge is -2.07. The average Bonchev–Trinajstić information content (AvgIpc) is 2.27. The van der Waals surface area contributed by atoms with Crippen molar-refractivity contribution in [2.75, 3.05) is 5.32 Å². The van der Waals surface area contributed by atoms with E-state index >= 15 is 0 Å². The minimum atomic E-state index is 0.113. The van der Waals surface area contributed by atoms with Crippen molar-refractivity contribution in [1.82, 2.24) is 5.43 Å². The minimum Gasteiger partial charge on any atom is -0.375 e. The standard InChI is InChI=1S/C10H12N4S2/c1-7(13-14-10(11)16)9(15)12-8-5-3-2-4-6-8/h2-6H,1H3,(H,12,15)(H3,11,14,16). The van der Waals surface area contributed by atoms with Crippen molar-refractivity contribution in [3.05, 3.63) is 30.3 Å². The average molecular weight is 252 g/mol. The smallest absolute Gasteiger partial charge is 0.184 e. The van der Waals surface area contributed by atoms with Crippen molar-refractivity contribution in [3.63, 3.8) is 0 Å². The van der Waals surface area contributed by atoms with Crippen LogP contribution in [-0.2, 0) is 0 Å². The molecule has 0 amide bonds. The third kappa shape index (κ3) is 4.33. The summed E-state index contributed by atoms with van der Waals surface area (Å²) in [6.45, 7) is 1.77. The number of nitrogens with two attached hydrogens (primary N) is 1. The van der Waals surface area contributed by atoms with Crippen LogP contribution in [0.3, 0.4) is 0 Å². The molecule has 0 radical (unpaired) electrons. The molecule has 0 spiro atoms. The number of rotatable bonds is 3. The molecule has 0 heterocycles. The molecular weight excluding hydrogens is 240 g/mol. The minimum absolute atomic E-state index is 0.113. The van der Waals surface area contributed by atoms with E-state index in [-0.39, 0.29) is 5.11 Å². The first kappa shape index (κ1) is 12.5. The SMILES string of the molecule is CC(=NNC(N)=S)C(=S)Nc1ccccc1. The normalized spacial score (nSPS) is 10.7. The molecule has 0 unspecified atom stereocenters. The number of anilines is 1. The second kappa shape index (κ2) is 6.14. The lowest BCUT2D eigenvalue weighted by Crippen LogP contribution is -2.28. The first-order valence-corrected chi connectivity index (χ1v) is 5.37. The van der Waals surface area contributed by atoms with E-state index in [0.29, 0.717) is 10.7 Å². The van der Waals surface area contributed by atoms with Crippen molar-refractivity contribution < 1.29 is 0 Å². The van der Waals surface area contributed by atoms with E-state index in [4.69, 9.17) is 18.0 Å². The number of benzene rings is 1. The van der Waals surface area contributed by atoms with Gasteiger partial charge in [0.1, 0.15) is 4.99 Å². The van der Waals surface area contributed by atoms with Crippen LogP contribution in [0.4, 0.5) is 5.69 Å². The van der Waals surface area contributed by atoms with Crippen molar-refractivity contribution in [3.8, 4) is 0 Å². The zero-order valence-corrected chi connectivity index (χ0v) is 10.4. The zero-order chi connectivity index (χ0) is 12.0. The number of hydrogen-bond acceptors (Lipinski definition) is 3. The van der Waals surface area contributed by atoms with Crippen molar-refractivity contribution in [2.45, 2.75) is 6.92 Å². The number of hydrazone groups is 1. The summed E-state index contributed by atoms with van der Waals surface area (Å²) in [5.74, 6) is 0. The number of nitrogens with zero attached hydrogens (tertiary/aromatic N) is 1. The van der Waals surface area contributed by atoms with Crippen LogP contribution in [-0.4, -0.2) is 15.8 Å². The van der Waals surface area contributed by atoms with Gasteiger partial charge in [-0.1, -0.05) is 30.4 Å². The third-order valence-corrected chi connectivity index (χ3v) is 2.18. The van der Waals surface area contributed by atoms with Gasteiger partial charge in [0.05, 0.1) is 5.71 Å².